The number of hydrogen-bond acceptors (Lipinski definition) is 5. The van der Waals surface area contributed by atoms with Crippen molar-refractivity contribution in [1.29, 1.82) is 0 Å². The van der Waals surface area contributed by atoms with Crippen LogP contribution in [-0.4, -0.2) is 38.7 Å². The van der Waals surface area contributed by atoms with Gasteiger partial charge < -0.3 is 5.32 Å². The molecule has 1 aromatic carbocycles. The van der Waals surface area contributed by atoms with Crippen LogP contribution in [0.4, 0.5) is 4.79 Å². The van der Waals surface area contributed by atoms with Crippen molar-refractivity contribution in [3.8, 4) is 11.4 Å². The number of imide groups is 1. The molecular formula is C13H14N6O2. The van der Waals surface area contributed by atoms with Gasteiger partial charge in [0.1, 0.15) is 6.54 Å². The molecule has 0 spiro atoms. The molecule has 0 bridgehead atoms. The number of hydrogen-bond donors (Lipinski definition) is 2. The van der Waals surface area contributed by atoms with E-state index < -0.39 is 11.9 Å². The van der Waals surface area contributed by atoms with Crippen LogP contribution in [0, 0.1) is 0 Å². The Kier molecular flexibility index (Phi) is 4.75. The van der Waals surface area contributed by atoms with E-state index in [0.29, 0.717) is 5.82 Å². The first-order chi connectivity index (χ1) is 10.2. The Hall–Kier alpha value is -3.03. The number of urea groups is 1. The monoisotopic (exact) mass is 286 g/mol. The number of benzene rings is 1. The number of amides is 3. The first-order valence-corrected chi connectivity index (χ1v) is 6.21. The van der Waals surface area contributed by atoms with Gasteiger partial charge in [-0.3, -0.25) is 10.1 Å². The van der Waals surface area contributed by atoms with Crippen LogP contribution >= 0.6 is 0 Å². The second-order valence-electron chi connectivity index (χ2n) is 4.06. The second kappa shape index (κ2) is 6.94. The van der Waals surface area contributed by atoms with E-state index in [4.69, 9.17) is 0 Å². The molecule has 2 aromatic rings. The number of nitrogens with zero attached hydrogens (tertiary/aromatic N) is 4. The molecule has 0 fully saturated rings. The van der Waals surface area contributed by atoms with Gasteiger partial charge in [0.15, 0.2) is 0 Å². The summed E-state index contributed by atoms with van der Waals surface area (Å²) in [5.74, 6) is -0.118. The molecule has 0 radical (unpaired) electrons. The fraction of sp³-hybridized carbons (Fsp3) is 0.154. The third-order valence-corrected chi connectivity index (χ3v) is 2.43. The minimum Gasteiger partial charge on any atom is -0.334 e. The largest absolute Gasteiger partial charge is 0.334 e. The Morgan fingerprint density at radius 2 is 2.05 bits per heavy atom. The topological polar surface area (TPSA) is 102 Å². The lowest BCUT2D eigenvalue weighted by Gasteiger charge is -2.03. The Balaban J connectivity index is 1.92. The van der Waals surface area contributed by atoms with Gasteiger partial charge in [0.05, 0.1) is 0 Å². The zero-order chi connectivity index (χ0) is 15.1. The summed E-state index contributed by atoms with van der Waals surface area (Å²) in [6.07, 6.45) is 1.51. The Labute approximate surface area is 120 Å². The molecule has 0 aliphatic carbocycles. The predicted molar refractivity (Wildman–Crippen MR) is 75.0 cm³/mol. The maximum absolute atomic E-state index is 11.6. The van der Waals surface area contributed by atoms with Gasteiger partial charge in [-0.05, 0) is 5.21 Å². The SMILES string of the molecule is C=CCNC(=O)NC(=O)Cn1nnc(-c2ccccc2)n1. The van der Waals surface area contributed by atoms with Gasteiger partial charge in [0.2, 0.25) is 5.82 Å². The second-order valence-corrected chi connectivity index (χ2v) is 4.06. The molecule has 3 amide bonds. The lowest BCUT2D eigenvalue weighted by molar-refractivity contribution is -0.121. The Morgan fingerprint density at radius 1 is 1.29 bits per heavy atom. The van der Waals surface area contributed by atoms with E-state index in [2.05, 4.69) is 32.6 Å². The third-order valence-electron chi connectivity index (χ3n) is 2.43. The first kappa shape index (κ1) is 14.4. The maximum atomic E-state index is 11.6. The smallest absolute Gasteiger partial charge is 0.321 e. The zero-order valence-corrected chi connectivity index (χ0v) is 11.2. The van der Waals surface area contributed by atoms with Gasteiger partial charge in [-0.1, -0.05) is 36.4 Å². The molecule has 21 heavy (non-hydrogen) atoms. The lowest BCUT2D eigenvalue weighted by Crippen LogP contribution is -2.41. The molecule has 2 rings (SSSR count). The quantitative estimate of drug-likeness (QED) is 0.772. The highest BCUT2D eigenvalue weighted by Crippen LogP contribution is 2.11. The number of rotatable bonds is 5. The van der Waals surface area contributed by atoms with Crippen molar-refractivity contribution in [3.05, 3.63) is 43.0 Å². The zero-order valence-electron chi connectivity index (χ0n) is 11.2. The van der Waals surface area contributed by atoms with E-state index in [9.17, 15) is 9.59 Å². The van der Waals surface area contributed by atoms with Crippen molar-refractivity contribution in [3.63, 3.8) is 0 Å². The van der Waals surface area contributed by atoms with Crippen LogP contribution in [0.25, 0.3) is 11.4 Å². The van der Waals surface area contributed by atoms with E-state index in [0.717, 1.165) is 10.4 Å². The highest BCUT2D eigenvalue weighted by molar-refractivity contribution is 5.94. The average molecular weight is 286 g/mol. The summed E-state index contributed by atoms with van der Waals surface area (Å²) in [5.41, 5.74) is 0.799. The van der Waals surface area contributed by atoms with Crippen LogP contribution in [0.5, 0.6) is 0 Å². The van der Waals surface area contributed by atoms with Crippen molar-refractivity contribution in [2.75, 3.05) is 6.54 Å². The summed E-state index contributed by atoms with van der Waals surface area (Å²) in [5, 5.41) is 16.3. The van der Waals surface area contributed by atoms with Crippen LogP contribution in [0.3, 0.4) is 0 Å². The van der Waals surface area contributed by atoms with Crippen LogP contribution in [0.1, 0.15) is 0 Å². The van der Waals surface area contributed by atoms with Gasteiger partial charge >= 0.3 is 6.03 Å². The molecular weight excluding hydrogens is 272 g/mol. The van der Waals surface area contributed by atoms with Crippen molar-refractivity contribution < 1.29 is 9.59 Å². The van der Waals surface area contributed by atoms with E-state index in [-0.39, 0.29) is 13.1 Å². The molecule has 2 N–H and O–H groups in total. The summed E-state index contributed by atoms with van der Waals surface area (Å²) in [6, 6.07) is 8.67. The number of nitrogens with one attached hydrogen (secondary N) is 2. The van der Waals surface area contributed by atoms with Crippen molar-refractivity contribution in [1.82, 2.24) is 30.8 Å². The minimum absolute atomic E-state index is 0.193. The molecule has 1 heterocycles. The highest BCUT2D eigenvalue weighted by Gasteiger charge is 2.11. The number of carbonyl (C=O) groups is 2. The Morgan fingerprint density at radius 3 is 2.76 bits per heavy atom. The molecule has 0 aliphatic rings. The number of tetrazole rings is 1. The van der Waals surface area contributed by atoms with Crippen molar-refractivity contribution >= 4 is 11.9 Å². The van der Waals surface area contributed by atoms with Crippen molar-refractivity contribution in [2.45, 2.75) is 6.54 Å². The number of aromatic nitrogens is 4. The van der Waals surface area contributed by atoms with Crippen molar-refractivity contribution in [2.24, 2.45) is 0 Å². The third kappa shape index (κ3) is 4.23. The summed E-state index contributed by atoms with van der Waals surface area (Å²) in [6.45, 7) is 3.53. The fourth-order valence-electron chi connectivity index (χ4n) is 1.52. The molecule has 0 saturated carbocycles. The van der Waals surface area contributed by atoms with Gasteiger partial charge in [-0.2, -0.15) is 4.80 Å². The van der Waals surface area contributed by atoms with E-state index >= 15 is 0 Å². The molecule has 8 heteroatoms. The van der Waals surface area contributed by atoms with Crippen LogP contribution in [0.2, 0.25) is 0 Å². The average Bonchev–Trinajstić information content (AvgIpc) is 2.94. The fourth-order valence-corrected chi connectivity index (χ4v) is 1.52. The molecule has 108 valence electrons. The molecule has 0 aliphatic heterocycles. The Bertz CT molecular complexity index is 637. The van der Waals surface area contributed by atoms with E-state index in [1.165, 1.54) is 6.08 Å². The van der Waals surface area contributed by atoms with Crippen LogP contribution < -0.4 is 10.6 Å². The molecule has 1 aromatic heterocycles. The van der Waals surface area contributed by atoms with E-state index in [1.54, 1.807) is 0 Å². The summed E-state index contributed by atoms with van der Waals surface area (Å²) in [7, 11) is 0. The maximum Gasteiger partial charge on any atom is 0.321 e. The normalized spacial score (nSPS) is 9.90. The standard InChI is InChI=1S/C13H14N6O2/c1-2-8-14-13(21)15-11(20)9-19-17-12(16-18-19)10-6-4-3-5-7-10/h2-7H,1,8-9H2,(H2,14,15,20,21). The molecule has 8 nitrogen and oxygen atoms in total. The minimum atomic E-state index is -0.594. The highest BCUT2D eigenvalue weighted by atomic mass is 16.2. The summed E-state index contributed by atoms with van der Waals surface area (Å²) in [4.78, 5) is 24.0. The number of carbonyl (C=O) groups excluding carboxylic acids is 2. The van der Waals surface area contributed by atoms with Gasteiger partial charge in [0.25, 0.3) is 5.91 Å². The molecule has 0 atom stereocenters. The van der Waals surface area contributed by atoms with Gasteiger partial charge in [-0.15, -0.1) is 16.8 Å². The van der Waals surface area contributed by atoms with Gasteiger partial charge in [-0.25, -0.2) is 4.79 Å². The summed E-state index contributed by atoms with van der Waals surface area (Å²) >= 11 is 0. The summed E-state index contributed by atoms with van der Waals surface area (Å²) < 4.78 is 0. The lowest BCUT2D eigenvalue weighted by atomic mass is 10.2. The van der Waals surface area contributed by atoms with E-state index in [1.807, 2.05) is 30.3 Å². The molecule has 0 unspecified atom stereocenters. The molecule has 0 saturated heterocycles. The van der Waals surface area contributed by atoms with Gasteiger partial charge in [0, 0.05) is 12.1 Å². The van der Waals surface area contributed by atoms with Crippen LogP contribution in [0.15, 0.2) is 43.0 Å². The van der Waals surface area contributed by atoms with Crippen LogP contribution in [-0.2, 0) is 11.3 Å². The first-order valence-electron chi connectivity index (χ1n) is 6.21. The predicted octanol–water partition coefficient (Wildman–Crippen LogP) is 0.352.